The van der Waals surface area contributed by atoms with Crippen LogP contribution in [0.5, 0.6) is 0 Å². The zero-order valence-corrected chi connectivity index (χ0v) is 38.4. The fourth-order valence-corrected chi connectivity index (χ4v) is 12.6. The Morgan fingerprint density at radius 2 is 1.52 bits per heavy atom. The average Bonchev–Trinajstić information content (AvgIpc) is 3.53. The quantitative estimate of drug-likeness (QED) is 0.0368. The number of allylic oxidation sites excluding steroid dienone is 1. The lowest BCUT2D eigenvalue weighted by atomic mass is 9.47. The molecule has 4 aliphatic rings. The van der Waals surface area contributed by atoms with Crippen LogP contribution in [-0.4, -0.2) is 60.0 Å². The Labute approximate surface area is 351 Å². The SMILES string of the molecule is CCCCCCOC(=O)CCCCCCN(CCCCO)CCCCCC(=S)OC1CCC2(C)C(=CCC3C2CCC2(C)C(C(C)CCCC(C)C)CCC32)C1. The summed E-state index contributed by atoms with van der Waals surface area (Å²) in [6.07, 6.45) is 33.6. The van der Waals surface area contributed by atoms with Crippen LogP contribution in [0.15, 0.2) is 11.6 Å². The highest BCUT2D eigenvalue weighted by Crippen LogP contribution is 2.67. The van der Waals surface area contributed by atoms with E-state index in [0.717, 1.165) is 131 Å². The summed E-state index contributed by atoms with van der Waals surface area (Å²) in [5.41, 5.74) is 2.61. The lowest BCUT2D eigenvalue weighted by molar-refractivity contribution is -0.143. The monoisotopic (exact) mass is 800 g/mol. The van der Waals surface area contributed by atoms with Gasteiger partial charge in [0, 0.05) is 25.9 Å². The number of unbranched alkanes of at least 4 members (excludes halogenated alkanes) is 9. The number of aliphatic hydroxyl groups excluding tert-OH is 1. The first-order valence-electron chi connectivity index (χ1n) is 24.4. The standard InChI is InChI=1S/C50H89NO4S/c1-7-8-9-19-37-54-47(53)23-13-10-11-15-33-51(35-17-18-36-52)34-16-12-14-24-48(56)55-42-29-31-49(5)41(38-42)25-26-43-45-28-27-44(40(4)22-20-21-39(2)3)50(45,6)32-30-46(43)49/h25,39-40,42-46,52H,7-24,26-38H2,1-6H3. The normalized spacial score (nSPS) is 29.1. The number of thiocarbonyl (C=S) groups is 1. The topological polar surface area (TPSA) is 59.0 Å². The molecule has 1 N–H and O–H groups in total. The van der Waals surface area contributed by atoms with Gasteiger partial charge in [0.15, 0.2) is 5.05 Å². The molecule has 0 aromatic carbocycles. The van der Waals surface area contributed by atoms with Crippen LogP contribution in [-0.2, 0) is 14.3 Å². The van der Waals surface area contributed by atoms with Crippen molar-refractivity contribution >= 4 is 23.2 Å². The Morgan fingerprint density at radius 3 is 2.25 bits per heavy atom. The lowest BCUT2D eigenvalue weighted by Crippen LogP contribution is -2.51. The van der Waals surface area contributed by atoms with Crippen molar-refractivity contribution in [2.45, 2.75) is 215 Å². The summed E-state index contributed by atoms with van der Waals surface area (Å²) in [5.74, 6) is 5.26. The second-order valence-corrected chi connectivity index (χ2v) is 20.6. The van der Waals surface area contributed by atoms with Crippen LogP contribution < -0.4 is 0 Å². The van der Waals surface area contributed by atoms with E-state index in [9.17, 15) is 9.90 Å². The molecule has 0 spiro atoms. The molecule has 0 radical (unpaired) electrons. The van der Waals surface area contributed by atoms with E-state index in [4.69, 9.17) is 21.7 Å². The van der Waals surface area contributed by atoms with Gasteiger partial charge in [-0.25, -0.2) is 0 Å². The highest BCUT2D eigenvalue weighted by atomic mass is 32.1. The zero-order valence-electron chi connectivity index (χ0n) is 37.6. The third-order valence-corrected chi connectivity index (χ3v) is 16.0. The molecular weight excluding hydrogens is 711 g/mol. The summed E-state index contributed by atoms with van der Waals surface area (Å²) in [5, 5.41) is 10.2. The summed E-state index contributed by atoms with van der Waals surface area (Å²) in [6.45, 7) is 19.0. The third kappa shape index (κ3) is 14.3. The molecule has 56 heavy (non-hydrogen) atoms. The number of hydrogen-bond donors (Lipinski definition) is 1. The van der Waals surface area contributed by atoms with Crippen molar-refractivity contribution in [3.8, 4) is 0 Å². The van der Waals surface area contributed by atoms with Crippen molar-refractivity contribution in [1.82, 2.24) is 4.90 Å². The van der Waals surface area contributed by atoms with Gasteiger partial charge in [0.1, 0.15) is 6.10 Å². The molecule has 8 unspecified atom stereocenters. The van der Waals surface area contributed by atoms with Crippen molar-refractivity contribution in [3.05, 3.63) is 11.6 Å². The second kappa shape index (κ2) is 24.9. The molecule has 324 valence electrons. The first kappa shape index (κ1) is 47.7. The number of ether oxygens (including phenoxy) is 2. The second-order valence-electron chi connectivity index (χ2n) is 20.2. The van der Waals surface area contributed by atoms with Crippen molar-refractivity contribution in [2.24, 2.45) is 46.3 Å². The molecule has 4 rings (SSSR count). The fourth-order valence-electron chi connectivity index (χ4n) is 12.3. The van der Waals surface area contributed by atoms with Crippen LogP contribution in [0.1, 0.15) is 208 Å². The smallest absolute Gasteiger partial charge is 0.305 e. The molecule has 5 nitrogen and oxygen atoms in total. The molecule has 0 aromatic heterocycles. The number of rotatable bonds is 28. The van der Waals surface area contributed by atoms with Crippen LogP contribution in [0, 0.1) is 46.3 Å². The van der Waals surface area contributed by atoms with Crippen molar-refractivity contribution in [1.29, 1.82) is 0 Å². The van der Waals surface area contributed by atoms with Crippen LogP contribution >= 0.6 is 12.2 Å². The molecule has 0 amide bonds. The van der Waals surface area contributed by atoms with Gasteiger partial charge < -0.3 is 19.5 Å². The molecule has 4 aliphatic carbocycles. The Hall–Kier alpha value is -0.980. The Balaban J connectivity index is 1.12. The van der Waals surface area contributed by atoms with Crippen molar-refractivity contribution < 1.29 is 19.4 Å². The number of fused-ring (bicyclic) bond motifs is 5. The Bertz CT molecular complexity index is 1170. The van der Waals surface area contributed by atoms with Crippen LogP contribution in [0.25, 0.3) is 0 Å². The minimum Gasteiger partial charge on any atom is -0.484 e. The van der Waals surface area contributed by atoms with Gasteiger partial charge in [0.25, 0.3) is 0 Å². The molecule has 0 aliphatic heterocycles. The van der Waals surface area contributed by atoms with E-state index in [1.807, 2.05) is 0 Å². The van der Waals surface area contributed by atoms with Gasteiger partial charge in [-0.2, -0.15) is 0 Å². The predicted octanol–water partition coefficient (Wildman–Crippen LogP) is 13.4. The van der Waals surface area contributed by atoms with E-state index in [1.54, 1.807) is 5.57 Å². The largest absolute Gasteiger partial charge is 0.484 e. The maximum atomic E-state index is 12.0. The van der Waals surface area contributed by atoms with E-state index >= 15 is 0 Å². The summed E-state index contributed by atoms with van der Waals surface area (Å²) in [6, 6.07) is 0. The Morgan fingerprint density at radius 1 is 0.821 bits per heavy atom. The summed E-state index contributed by atoms with van der Waals surface area (Å²) >= 11 is 5.85. The number of nitrogens with zero attached hydrogens (tertiary/aromatic N) is 1. The number of carbonyl (C=O) groups is 1. The summed E-state index contributed by atoms with van der Waals surface area (Å²) in [4.78, 5) is 14.6. The van der Waals surface area contributed by atoms with Gasteiger partial charge in [0.05, 0.1) is 6.61 Å². The third-order valence-electron chi connectivity index (χ3n) is 15.7. The molecule has 0 aromatic rings. The number of hydrogen-bond acceptors (Lipinski definition) is 6. The maximum Gasteiger partial charge on any atom is 0.305 e. The number of carbonyl (C=O) groups excluding carboxylic acids is 1. The molecule has 0 bridgehead atoms. The van der Waals surface area contributed by atoms with Gasteiger partial charge in [0.2, 0.25) is 0 Å². The molecule has 8 atom stereocenters. The fraction of sp³-hybridized carbons (Fsp3) is 0.920. The van der Waals surface area contributed by atoms with Gasteiger partial charge >= 0.3 is 5.97 Å². The van der Waals surface area contributed by atoms with Crippen molar-refractivity contribution in [2.75, 3.05) is 32.8 Å². The molecular formula is C50H89NO4S. The van der Waals surface area contributed by atoms with Crippen LogP contribution in [0.2, 0.25) is 0 Å². The van der Waals surface area contributed by atoms with Gasteiger partial charge in [-0.3, -0.25) is 4.79 Å². The van der Waals surface area contributed by atoms with Crippen LogP contribution in [0.3, 0.4) is 0 Å². The van der Waals surface area contributed by atoms with Crippen molar-refractivity contribution in [3.63, 3.8) is 0 Å². The highest BCUT2D eigenvalue weighted by Gasteiger charge is 2.59. The maximum absolute atomic E-state index is 12.0. The summed E-state index contributed by atoms with van der Waals surface area (Å²) in [7, 11) is 0. The van der Waals surface area contributed by atoms with E-state index in [1.165, 1.54) is 89.9 Å². The van der Waals surface area contributed by atoms with Gasteiger partial charge in [-0.1, -0.05) is 111 Å². The molecule has 0 heterocycles. The zero-order chi connectivity index (χ0) is 40.4. The molecule has 3 saturated carbocycles. The van der Waals surface area contributed by atoms with E-state index in [0.29, 0.717) is 23.9 Å². The Kier molecular flexibility index (Phi) is 21.2. The van der Waals surface area contributed by atoms with E-state index in [2.05, 4.69) is 52.5 Å². The molecule has 6 heteroatoms. The van der Waals surface area contributed by atoms with E-state index < -0.39 is 0 Å². The molecule has 0 saturated heterocycles. The average molecular weight is 800 g/mol. The minimum atomic E-state index is -0.0281. The predicted molar refractivity (Wildman–Crippen MR) is 240 cm³/mol. The minimum absolute atomic E-state index is 0.0281. The summed E-state index contributed by atoms with van der Waals surface area (Å²) < 4.78 is 11.9. The first-order valence-corrected chi connectivity index (χ1v) is 24.8. The highest BCUT2D eigenvalue weighted by molar-refractivity contribution is 7.80. The van der Waals surface area contributed by atoms with Gasteiger partial charge in [-0.15, -0.1) is 0 Å². The lowest BCUT2D eigenvalue weighted by Gasteiger charge is -2.58. The first-order chi connectivity index (χ1) is 27.0. The van der Waals surface area contributed by atoms with E-state index in [-0.39, 0.29) is 18.7 Å². The van der Waals surface area contributed by atoms with Gasteiger partial charge in [-0.05, 0) is 168 Å². The number of aliphatic hydroxyl groups is 1. The van der Waals surface area contributed by atoms with Crippen LogP contribution in [0.4, 0.5) is 0 Å². The number of esters is 1. The molecule has 3 fully saturated rings.